The fourth-order valence-corrected chi connectivity index (χ4v) is 2.51. The molecule has 0 spiro atoms. The number of nitriles is 1. The molecule has 0 unspecified atom stereocenters. The summed E-state index contributed by atoms with van der Waals surface area (Å²) in [5.41, 5.74) is 3.39. The summed E-state index contributed by atoms with van der Waals surface area (Å²) in [6.07, 6.45) is 5.21. The van der Waals surface area contributed by atoms with Crippen molar-refractivity contribution in [1.29, 1.82) is 5.26 Å². The molecule has 1 aromatic carbocycles. The van der Waals surface area contributed by atoms with Gasteiger partial charge in [0.2, 0.25) is 0 Å². The van der Waals surface area contributed by atoms with Gasteiger partial charge in [0.25, 0.3) is 0 Å². The molecule has 2 aromatic heterocycles. The summed E-state index contributed by atoms with van der Waals surface area (Å²) in [4.78, 5) is 7.18. The van der Waals surface area contributed by atoms with Crippen molar-refractivity contribution in [3.8, 4) is 6.07 Å². The van der Waals surface area contributed by atoms with Crippen LogP contribution in [0.4, 0.5) is 11.4 Å². The number of H-pyrrole nitrogens is 1. The summed E-state index contributed by atoms with van der Waals surface area (Å²) < 4.78 is 0.922. The Labute approximate surface area is 123 Å². The standard InChI is InChI=1S/C14H9IN4/c15-12-8-17-7-10(6-16)14(12)19-11-1-2-13-9(5-11)3-4-18-13/h1-5,7-8,18H,(H,17,19). The Hall–Kier alpha value is -2.07. The summed E-state index contributed by atoms with van der Waals surface area (Å²) >= 11 is 2.17. The summed E-state index contributed by atoms with van der Waals surface area (Å²) in [6.45, 7) is 0. The number of fused-ring (bicyclic) bond motifs is 1. The number of pyridine rings is 1. The monoisotopic (exact) mass is 360 g/mol. The normalized spacial score (nSPS) is 10.3. The van der Waals surface area contributed by atoms with Gasteiger partial charge in [-0.1, -0.05) is 0 Å². The molecule has 0 bridgehead atoms. The highest BCUT2D eigenvalue weighted by Gasteiger charge is 2.07. The van der Waals surface area contributed by atoms with Crippen LogP contribution in [0, 0.1) is 14.9 Å². The second kappa shape index (κ2) is 4.90. The van der Waals surface area contributed by atoms with Crippen LogP contribution in [0.3, 0.4) is 0 Å². The van der Waals surface area contributed by atoms with E-state index in [2.05, 4.69) is 43.9 Å². The zero-order valence-corrected chi connectivity index (χ0v) is 12.0. The van der Waals surface area contributed by atoms with E-state index < -0.39 is 0 Å². The molecule has 0 aliphatic heterocycles. The first-order valence-electron chi connectivity index (χ1n) is 5.66. The fraction of sp³-hybridized carbons (Fsp3) is 0. The van der Waals surface area contributed by atoms with Gasteiger partial charge < -0.3 is 10.3 Å². The van der Waals surface area contributed by atoms with Crippen molar-refractivity contribution in [2.45, 2.75) is 0 Å². The third-order valence-electron chi connectivity index (χ3n) is 2.84. The number of nitrogens with zero attached hydrogens (tertiary/aromatic N) is 2. The molecule has 0 aliphatic carbocycles. The van der Waals surface area contributed by atoms with E-state index in [4.69, 9.17) is 5.26 Å². The van der Waals surface area contributed by atoms with Crippen LogP contribution in [-0.4, -0.2) is 9.97 Å². The molecule has 3 rings (SSSR count). The third kappa shape index (κ3) is 2.27. The van der Waals surface area contributed by atoms with Gasteiger partial charge in [-0.15, -0.1) is 0 Å². The van der Waals surface area contributed by atoms with E-state index in [1.165, 1.54) is 0 Å². The van der Waals surface area contributed by atoms with Crippen molar-refractivity contribution in [1.82, 2.24) is 9.97 Å². The molecule has 2 N–H and O–H groups in total. The molecular weight excluding hydrogens is 351 g/mol. The highest BCUT2D eigenvalue weighted by atomic mass is 127. The lowest BCUT2D eigenvalue weighted by Crippen LogP contribution is -1.97. The topological polar surface area (TPSA) is 64.5 Å². The number of rotatable bonds is 2. The van der Waals surface area contributed by atoms with Crippen LogP contribution >= 0.6 is 22.6 Å². The minimum Gasteiger partial charge on any atom is -0.361 e. The van der Waals surface area contributed by atoms with Crippen molar-refractivity contribution in [3.63, 3.8) is 0 Å². The predicted molar refractivity (Wildman–Crippen MR) is 83.3 cm³/mol. The van der Waals surface area contributed by atoms with Crippen LogP contribution in [0.15, 0.2) is 42.9 Å². The van der Waals surface area contributed by atoms with Crippen molar-refractivity contribution in [2.24, 2.45) is 0 Å². The van der Waals surface area contributed by atoms with Gasteiger partial charge in [-0.3, -0.25) is 4.98 Å². The maximum absolute atomic E-state index is 9.12. The van der Waals surface area contributed by atoms with E-state index in [9.17, 15) is 0 Å². The minimum atomic E-state index is 0.543. The first kappa shape index (κ1) is 12.0. The molecule has 0 saturated carbocycles. The van der Waals surface area contributed by atoms with Gasteiger partial charge in [0.1, 0.15) is 6.07 Å². The number of anilines is 2. The van der Waals surface area contributed by atoms with Gasteiger partial charge >= 0.3 is 0 Å². The third-order valence-corrected chi connectivity index (χ3v) is 3.66. The molecule has 0 aliphatic rings. The first-order valence-corrected chi connectivity index (χ1v) is 6.73. The van der Waals surface area contributed by atoms with Gasteiger partial charge in [-0.2, -0.15) is 5.26 Å². The lowest BCUT2D eigenvalue weighted by Gasteiger charge is -2.10. The predicted octanol–water partition coefficient (Wildman–Crippen LogP) is 3.78. The van der Waals surface area contributed by atoms with Crippen molar-refractivity contribution >= 4 is 44.9 Å². The zero-order chi connectivity index (χ0) is 13.2. The Morgan fingerprint density at radius 2 is 2.16 bits per heavy atom. The Kier molecular flexibility index (Phi) is 3.09. The second-order valence-corrected chi connectivity index (χ2v) is 5.22. The largest absolute Gasteiger partial charge is 0.361 e. The molecule has 19 heavy (non-hydrogen) atoms. The molecule has 2 heterocycles. The number of halogens is 1. The van der Waals surface area contributed by atoms with Crippen LogP contribution in [0.2, 0.25) is 0 Å². The zero-order valence-electron chi connectivity index (χ0n) is 9.81. The second-order valence-electron chi connectivity index (χ2n) is 4.06. The molecule has 3 aromatic rings. The van der Waals surface area contributed by atoms with Crippen LogP contribution in [0.1, 0.15) is 5.56 Å². The summed E-state index contributed by atoms with van der Waals surface area (Å²) in [6, 6.07) is 10.2. The number of hydrogen-bond donors (Lipinski definition) is 2. The Morgan fingerprint density at radius 3 is 3.00 bits per heavy atom. The molecule has 0 radical (unpaired) electrons. The highest BCUT2D eigenvalue weighted by Crippen LogP contribution is 2.27. The van der Waals surface area contributed by atoms with Gasteiger partial charge in [-0.25, -0.2) is 0 Å². The molecular formula is C14H9IN4. The summed E-state index contributed by atoms with van der Waals surface area (Å²) in [7, 11) is 0. The number of aromatic nitrogens is 2. The van der Waals surface area contributed by atoms with Crippen LogP contribution in [0.25, 0.3) is 10.9 Å². The number of nitrogens with one attached hydrogen (secondary N) is 2. The lowest BCUT2D eigenvalue weighted by molar-refractivity contribution is 1.28. The van der Waals surface area contributed by atoms with E-state index >= 15 is 0 Å². The van der Waals surface area contributed by atoms with Gasteiger partial charge in [0.05, 0.1) is 14.8 Å². The molecule has 4 nitrogen and oxygen atoms in total. The number of benzene rings is 1. The van der Waals surface area contributed by atoms with E-state index in [1.807, 2.05) is 30.5 Å². The maximum Gasteiger partial charge on any atom is 0.103 e. The molecule has 0 amide bonds. The maximum atomic E-state index is 9.12. The van der Waals surface area contributed by atoms with E-state index in [0.29, 0.717) is 5.56 Å². The summed E-state index contributed by atoms with van der Waals surface area (Å²) in [5.74, 6) is 0. The van der Waals surface area contributed by atoms with Crippen molar-refractivity contribution < 1.29 is 0 Å². The van der Waals surface area contributed by atoms with Gasteiger partial charge in [0, 0.05) is 35.2 Å². The Balaban J connectivity index is 2.03. The molecule has 0 atom stereocenters. The van der Waals surface area contributed by atoms with Crippen LogP contribution in [-0.2, 0) is 0 Å². The number of hydrogen-bond acceptors (Lipinski definition) is 3. The quantitative estimate of drug-likeness (QED) is 0.684. The Morgan fingerprint density at radius 1 is 1.26 bits per heavy atom. The van der Waals surface area contributed by atoms with Crippen molar-refractivity contribution in [2.75, 3.05) is 5.32 Å². The lowest BCUT2D eigenvalue weighted by atomic mass is 10.2. The number of aromatic amines is 1. The van der Waals surface area contributed by atoms with Crippen molar-refractivity contribution in [3.05, 3.63) is 52.0 Å². The van der Waals surface area contributed by atoms with E-state index in [-0.39, 0.29) is 0 Å². The molecule has 5 heteroatoms. The van der Waals surface area contributed by atoms with Crippen LogP contribution in [0.5, 0.6) is 0 Å². The highest BCUT2D eigenvalue weighted by molar-refractivity contribution is 14.1. The minimum absolute atomic E-state index is 0.543. The SMILES string of the molecule is N#Cc1cncc(I)c1Nc1ccc2[nH]ccc2c1. The molecule has 0 fully saturated rings. The van der Waals surface area contributed by atoms with Gasteiger partial charge in [-0.05, 0) is 46.9 Å². The average molecular weight is 360 g/mol. The molecule has 0 saturated heterocycles. The van der Waals surface area contributed by atoms with E-state index in [1.54, 1.807) is 12.4 Å². The fourth-order valence-electron chi connectivity index (χ4n) is 1.92. The van der Waals surface area contributed by atoms with Gasteiger partial charge in [0.15, 0.2) is 0 Å². The van der Waals surface area contributed by atoms with Crippen LogP contribution < -0.4 is 5.32 Å². The molecule has 92 valence electrons. The smallest absolute Gasteiger partial charge is 0.103 e. The van der Waals surface area contributed by atoms with E-state index in [0.717, 1.165) is 25.8 Å². The Bertz CT molecular complexity index is 785. The first-order chi connectivity index (χ1) is 9.28. The average Bonchev–Trinajstić information content (AvgIpc) is 2.88. The summed E-state index contributed by atoms with van der Waals surface area (Å²) in [5, 5.41) is 13.5.